The molecule has 5 nitrogen and oxygen atoms in total. The molecule has 1 amide bonds. The summed E-state index contributed by atoms with van der Waals surface area (Å²) in [5, 5.41) is 3.34. The first-order valence-electron chi connectivity index (χ1n) is 7.30. The molecule has 1 fully saturated rings. The van der Waals surface area contributed by atoms with Crippen LogP contribution in [0.3, 0.4) is 0 Å². The zero-order chi connectivity index (χ0) is 15.9. The van der Waals surface area contributed by atoms with E-state index in [1.165, 1.54) is 12.1 Å². The van der Waals surface area contributed by atoms with E-state index in [9.17, 15) is 4.79 Å². The Bertz CT molecular complexity index is 497. The van der Waals surface area contributed by atoms with E-state index >= 15 is 0 Å². The highest BCUT2D eigenvalue weighted by Gasteiger charge is 2.15. The first-order valence-corrected chi connectivity index (χ1v) is 8.05. The van der Waals surface area contributed by atoms with Gasteiger partial charge in [0.05, 0.1) is 28.4 Å². The van der Waals surface area contributed by atoms with Crippen LogP contribution in [0.1, 0.15) is 29.6 Å². The zero-order valence-corrected chi connectivity index (χ0v) is 13.8. The third kappa shape index (κ3) is 5.02. The van der Waals surface area contributed by atoms with Gasteiger partial charge in [-0.25, -0.2) is 0 Å². The van der Waals surface area contributed by atoms with Gasteiger partial charge in [0.15, 0.2) is 0 Å². The predicted octanol–water partition coefficient (Wildman–Crippen LogP) is 2.89. The molecule has 0 unspecified atom stereocenters. The number of rotatable bonds is 7. The summed E-state index contributed by atoms with van der Waals surface area (Å²) in [7, 11) is 0. The third-order valence-corrected chi connectivity index (χ3v) is 4.05. The van der Waals surface area contributed by atoms with Crippen molar-refractivity contribution < 1.29 is 14.3 Å². The van der Waals surface area contributed by atoms with E-state index in [0.29, 0.717) is 25.3 Å². The summed E-state index contributed by atoms with van der Waals surface area (Å²) in [6, 6.07) is 3.01. The fraction of sp³-hybridized carbons (Fsp3) is 0.533. The second-order valence-corrected chi connectivity index (χ2v) is 5.99. The molecule has 0 spiro atoms. The molecule has 2 rings (SSSR count). The number of nitrogens with one attached hydrogen (secondary N) is 1. The first kappa shape index (κ1) is 17.3. The van der Waals surface area contributed by atoms with E-state index in [4.69, 9.17) is 38.4 Å². The predicted molar refractivity (Wildman–Crippen MR) is 87.6 cm³/mol. The van der Waals surface area contributed by atoms with Gasteiger partial charge in [-0.2, -0.15) is 0 Å². The van der Waals surface area contributed by atoms with Crippen molar-refractivity contribution in [1.82, 2.24) is 5.32 Å². The number of nitrogens with two attached hydrogens (primary N) is 1. The van der Waals surface area contributed by atoms with Gasteiger partial charge >= 0.3 is 0 Å². The Hall–Kier alpha value is -1.01. The quantitative estimate of drug-likeness (QED) is 0.588. The standard InChI is InChI=1S/C15H20Cl2N2O3/c16-12-7-10(8-13(17)14(12)18)15(20)19-4-2-5-21-9-11-3-1-6-22-11/h7-8,11H,1-6,9,18H2,(H,19,20)/t11-/m0/s1. The molecule has 1 heterocycles. The average Bonchev–Trinajstić information content (AvgIpc) is 3.00. The second-order valence-electron chi connectivity index (χ2n) is 5.17. The van der Waals surface area contributed by atoms with Crippen molar-refractivity contribution in [3.8, 4) is 0 Å². The molecule has 0 radical (unpaired) electrons. The van der Waals surface area contributed by atoms with Gasteiger partial charge in [0.2, 0.25) is 0 Å². The topological polar surface area (TPSA) is 73.6 Å². The summed E-state index contributed by atoms with van der Waals surface area (Å²) in [5.41, 5.74) is 6.31. The Morgan fingerprint density at radius 1 is 1.41 bits per heavy atom. The first-order chi connectivity index (χ1) is 10.6. The fourth-order valence-electron chi connectivity index (χ4n) is 2.18. The van der Waals surface area contributed by atoms with Crippen molar-refractivity contribution in [1.29, 1.82) is 0 Å². The molecule has 1 saturated heterocycles. The Morgan fingerprint density at radius 3 is 2.77 bits per heavy atom. The maximum absolute atomic E-state index is 12.0. The number of ether oxygens (including phenoxy) is 2. The zero-order valence-electron chi connectivity index (χ0n) is 12.2. The molecule has 3 N–H and O–H groups in total. The Kier molecular flexibility index (Phi) is 6.76. The van der Waals surface area contributed by atoms with Gasteiger partial charge in [0.1, 0.15) is 0 Å². The van der Waals surface area contributed by atoms with Crippen molar-refractivity contribution in [2.45, 2.75) is 25.4 Å². The second kappa shape index (κ2) is 8.58. The van der Waals surface area contributed by atoms with Crippen LogP contribution in [0.2, 0.25) is 10.0 Å². The molecule has 1 aromatic rings. The van der Waals surface area contributed by atoms with Crippen molar-refractivity contribution in [2.75, 3.05) is 32.1 Å². The lowest BCUT2D eigenvalue weighted by Gasteiger charge is -2.10. The number of halogens is 2. The van der Waals surface area contributed by atoms with Gasteiger partial charge in [-0.1, -0.05) is 23.2 Å². The van der Waals surface area contributed by atoms with E-state index in [1.54, 1.807) is 0 Å². The van der Waals surface area contributed by atoms with Gasteiger partial charge in [-0.3, -0.25) is 4.79 Å². The van der Waals surface area contributed by atoms with E-state index in [-0.39, 0.29) is 27.7 Å². The fourth-order valence-corrected chi connectivity index (χ4v) is 2.67. The maximum atomic E-state index is 12.0. The van der Waals surface area contributed by atoms with Crippen LogP contribution in [0.25, 0.3) is 0 Å². The van der Waals surface area contributed by atoms with Crippen LogP contribution in [0.5, 0.6) is 0 Å². The third-order valence-electron chi connectivity index (χ3n) is 3.42. The van der Waals surface area contributed by atoms with Gasteiger partial charge in [-0.05, 0) is 31.4 Å². The minimum absolute atomic E-state index is 0.230. The number of amides is 1. The van der Waals surface area contributed by atoms with Gasteiger partial charge < -0.3 is 20.5 Å². The number of hydrogen-bond donors (Lipinski definition) is 2. The molecule has 1 aromatic carbocycles. The van der Waals surface area contributed by atoms with Crippen LogP contribution in [-0.2, 0) is 9.47 Å². The Balaban J connectivity index is 1.65. The smallest absolute Gasteiger partial charge is 0.251 e. The van der Waals surface area contributed by atoms with Crippen LogP contribution >= 0.6 is 23.2 Å². The van der Waals surface area contributed by atoms with Crippen molar-refractivity contribution in [2.24, 2.45) is 0 Å². The average molecular weight is 347 g/mol. The van der Waals surface area contributed by atoms with E-state index < -0.39 is 0 Å². The summed E-state index contributed by atoms with van der Waals surface area (Å²) >= 11 is 11.8. The minimum Gasteiger partial charge on any atom is -0.396 e. The summed E-state index contributed by atoms with van der Waals surface area (Å²) in [6.07, 6.45) is 3.13. The largest absolute Gasteiger partial charge is 0.396 e. The molecule has 0 saturated carbocycles. The van der Waals surface area contributed by atoms with Crippen LogP contribution < -0.4 is 11.1 Å². The monoisotopic (exact) mass is 346 g/mol. The lowest BCUT2D eigenvalue weighted by atomic mass is 10.2. The molecule has 0 bridgehead atoms. The van der Waals surface area contributed by atoms with Gasteiger partial charge in [0, 0.05) is 25.3 Å². The summed E-state index contributed by atoms with van der Waals surface area (Å²) in [5.74, 6) is -0.233. The van der Waals surface area contributed by atoms with Crippen molar-refractivity contribution in [3.05, 3.63) is 27.7 Å². The SMILES string of the molecule is Nc1c(Cl)cc(C(=O)NCCCOC[C@@H]2CCCO2)cc1Cl. The van der Waals surface area contributed by atoms with E-state index in [0.717, 1.165) is 25.9 Å². The molecule has 22 heavy (non-hydrogen) atoms. The summed E-state index contributed by atoms with van der Waals surface area (Å²) in [4.78, 5) is 12.0. The van der Waals surface area contributed by atoms with Crippen molar-refractivity contribution >= 4 is 34.8 Å². The van der Waals surface area contributed by atoms with Crippen molar-refractivity contribution in [3.63, 3.8) is 0 Å². The lowest BCUT2D eigenvalue weighted by molar-refractivity contribution is 0.0166. The normalized spacial score (nSPS) is 17.6. The number of nitrogen functional groups attached to an aromatic ring is 1. The van der Waals surface area contributed by atoms with Crippen LogP contribution in [-0.4, -0.2) is 38.4 Å². The lowest BCUT2D eigenvalue weighted by Crippen LogP contribution is -2.25. The molecular formula is C15H20Cl2N2O3. The van der Waals surface area contributed by atoms with Crippen LogP contribution in [0.4, 0.5) is 5.69 Å². The van der Waals surface area contributed by atoms with Gasteiger partial charge in [-0.15, -0.1) is 0 Å². The number of carbonyl (C=O) groups is 1. The molecule has 1 aliphatic rings. The molecule has 1 atom stereocenters. The van der Waals surface area contributed by atoms with E-state index in [1.807, 2.05) is 0 Å². The highest BCUT2D eigenvalue weighted by atomic mass is 35.5. The molecule has 0 aromatic heterocycles. The maximum Gasteiger partial charge on any atom is 0.251 e. The Labute approximate surface area is 140 Å². The molecule has 1 aliphatic heterocycles. The van der Waals surface area contributed by atoms with Crippen LogP contribution in [0, 0.1) is 0 Å². The minimum atomic E-state index is -0.233. The molecule has 7 heteroatoms. The van der Waals surface area contributed by atoms with Gasteiger partial charge in [0.25, 0.3) is 5.91 Å². The number of anilines is 1. The van der Waals surface area contributed by atoms with Crippen LogP contribution in [0.15, 0.2) is 12.1 Å². The number of carbonyl (C=O) groups excluding carboxylic acids is 1. The number of hydrogen-bond acceptors (Lipinski definition) is 4. The molecular weight excluding hydrogens is 327 g/mol. The van der Waals surface area contributed by atoms with E-state index in [2.05, 4.69) is 5.32 Å². The highest BCUT2D eigenvalue weighted by Crippen LogP contribution is 2.28. The number of benzene rings is 1. The molecule has 122 valence electrons. The Morgan fingerprint density at radius 2 is 2.14 bits per heavy atom. The summed E-state index contributed by atoms with van der Waals surface area (Å²) < 4.78 is 11.0. The highest BCUT2D eigenvalue weighted by molar-refractivity contribution is 6.39. The summed E-state index contributed by atoms with van der Waals surface area (Å²) in [6.45, 7) is 2.56. The molecule has 0 aliphatic carbocycles.